The summed E-state index contributed by atoms with van der Waals surface area (Å²) >= 11 is 7.23. The van der Waals surface area contributed by atoms with E-state index in [2.05, 4.69) is 4.98 Å². The Morgan fingerprint density at radius 1 is 1.31 bits per heavy atom. The first kappa shape index (κ1) is 11.5. The van der Waals surface area contributed by atoms with Gasteiger partial charge in [-0.25, -0.2) is 13.8 Å². The number of aryl methyl sites for hydroxylation is 1. The molecule has 5 heteroatoms. The van der Waals surface area contributed by atoms with Gasteiger partial charge in [0.25, 0.3) is 0 Å². The third kappa shape index (κ3) is 2.08. The van der Waals surface area contributed by atoms with Crippen LogP contribution in [-0.4, -0.2) is 4.98 Å². The van der Waals surface area contributed by atoms with Crippen LogP contribution in [0.1, 0.15) is 9.88 Å². The number of nitrogens with zero attached hydrogens (tertiary/aromatic N) is 1. The molecule has 0 bridgehead atoms. The molecule has 2 rings (SSSR count). The minimum Gasteiger partial charge on any atom is -0.241 e. The second-order valence-corrected chi connectivity index (χ2v) is 4.82. The highest BCUT2D eigenvalue weighted by Crippen LogP contribution is 2.30. The number of aromatic nitrogens is 1. The van der Waals surface area contributed by atoms with Gasteiger partial charge in [-0.3, -0.25) is 0 Å². The van der Waals surface area contributed by atoms with Gasteiger partial charge in [0.05, 0.1) is 16.6 Å². The third-order valence-electron chi connectivity index (χ3n) is 2.12. The molecule has 1 nitrogen and oxygen atoms in total. The molecular weight excluding hydrogens is 252 g/mol. The van der Waals surface area contributed by atoms with Crippen LogP contribution < -0.4 is 0 Å². The molecule has 1 heterocycles. The van der Waals surface area contributed by atoms with Crippen molar-refractivity contribution in [2.75, 3.05) is 0 Å². The predicted molar refractivity (Wildman–Crippen MR) is 61.8 cm³/mol. The summed E-state index contributed by atoms with van der Waals surface area (Å²) in [4.78, 5) is 5.13. The van der Waals surface area contributed by atoms with Crippen LogP contribution in [0, 0.1) is 18.6 Å². The molecule has 0 fully saturated rings. The van der Waals surface area contributed by atoms with E-state index in [0.29, 0.717) is 17.1 Å². The zero-order chi connectivity index (χ0) is 11.7. The maximum atomic E-state index is 13.1. The van der Waals surface area contributed by atoms with Crippen LogP contribution in [0.25, 0.3) is 11.3 Å². The van der Waals surface area contributed by atoms with E-state index in [0.717, 1.165) is 22.0 Å². The topological polar surface area (TPSA) is 12.9 Å². The Hall–Kier alpha value is -1.00. The fourth-order valence-corrected chi connectivity index (χ4v) is 2.53. The highest BCUT2D eigenvalue weighted by atomic mass is 35.5. The van der Waals surface area contributed by atoms with E-state index in [-0.39, 0.29) is 0 Å². The van der Waals surface area contributed by atoms with Crippen molar-refractivity contribution in [2.45, 2.75) is 12.8 Å². The highest BCUT2D eigenvalue weighted by molar-refractivity contribution is 7.12. The first-order valence-electron chi connectivity index (χ1n) is 4.59. The monoisotopic (exact) mass is 259 g/mol. The number of rotatable bonds is 2. The van der Waals surface area contributed by atoms with Crippen molar-refractivity contribution in [3.63, 3.8) is 0 Å². The second kappa shape index (κ2) is 4.47. The maximum Gasteiger partial charge on any atom is 0.159 e. The number of benzene rings is 1. The molecular formula is C11H8ClF2NS. The van der Waals surface area contributed by atoms with Gasteiger partial charge in [0.15, 0.2) is 11.6 Å². The van der Waals surface area contributed by atoms with Gasteiger partial charge in [-0.2, -0.15) is 0 Å². The second-order valence-electron chi connectivity index (χ2n) is 3.27. The van der Waals surface area contributed by atoms with E-state index in [4.69, 9.17) is 11.6 Å². The lowest BCUT2D eigenvalue weighted by atomic mass is 10.1. The molecule has 1 aromatic heterocycles. The zero-order valence-corrected chi connectivity index (χ0v) is 10.0. The molecule has 0 N–H and O–H groups in total. The first-order chi connectivity index (χ1) is 7.61. The molecule has 0 atom stereocenters. The Morgan fingerprint density at radius 2 is 2.06 bits per heavy atom. The normalized spacial score (nSPS) is 10.8. The van der Waals surface area contributed by atoms with Gasteiger partial charge < -0.3 is 0 Å². The molecule has 1 aromatic carbocycles. The summed E-state index contributed by atoms with van der Waals surface area (Å²) < 4.78 is 25.9. The SMILES string of the molecule is Cc1nc(-c2ccc(F)c(F)c2)c(CCl)s1. The van der Waals surface area contributed by atoms with E-state index >= 15 is 0 Å². The van der Waals surface area contributed by atoms with Gasteiger partial charge in [0, 0.05) is 10.4 Å². The fraction of sp³-hybridized carbons (Fsp3) is 0.182. The molecule has 0 amide bonds. The average Bonchev–Trinajstić information content (AvgIpc) is 2.63. The minimum absolute atomic E-state index is 0.319. The number of hydrogen-bond donors (Lipinski definition) is 0. The lowest BCUT2D eigenvalue weighted by molar-refractivity contribution is 0.509. The van der Waals surface area contributed by atoms with E-state index in [9.17, 15) is 8.78 Å². The molecule has 0 unspecified atom stereocenters. The summed E-state index contributed by atoms with van der Waals surface area (Å²) in [6.07, 6.45) is 0. The largest absolute Gasteiger partial charge is 0.241 e. The number of hydrogen-bond acceptors (Lipinski definition) is 2. The van der Waals surface area contributed by atoms with Crippen molar-refractivity contribution in [2.24, 2.45) is 0 Å². The van der Waals surface area contributed by atoms with Crippen molar-refractivity contribution in [3.8, 4) is 11.3 Å². The molecule has 0 spiro atoms. The molecule has 2 aromatic rings. The van der Waals surface area contributed by atoms with Gasteiger partial charge in [0.1, 0.15) is 0 Å². The summed E-state index contributed by atoms with van der Waals surface area (Å²) in [6, 6.07) is 3.74. The van der Waals surface area contributed by atoms with Gasteiger partial charge in [-0.15, -0.1) is 22.9 Å². The van der Waals surface area contributed by atoms with Crippen LogP contribution in [0.3, 0.4) is 0 Å². The number of halogens is 3. The molecule has 0 aliphatic rings. The molecule has 84 valence electrons. The van der Waals surface area contributed by atoms with E-state index < -0.39 is 11.6 Å². The van der Waals surface area contributed by atoms with Gasteiger partial charge in [0.2, 0.25) is 0 Å². The van der Waals surface area contributed by atoms with Crippen molar-refractivity contribution >= 4 is 22.9 Å². The fourth-order valence-electron chi connectivity index (χ4n) is 1.43. The van der Waals surface area contributed by atoms with Crippen LogP contribution in [0.15, 0.2) is 18.2 Å². The Bertz CT molecular complexity index is 525. The Labute approximate surface area is 101 Å². The summed E-state index contributed by atoms with van der Waals surface area (Å²) in [5.74, 6) is -1.41. The van der Waals surface area contributed by atoms with Crippen LogP contribution in [0.4, 0.5) is 8.78 Å². The summed E-state index contributed by atoms with van der Waals surface area (Å²) in [5.41, 5.74) is 1.19. The van der Waals surface area contributed by atoms with Crippen LogP contribution in [0.5, 0.6) is 0 Å². The van der Waals surface area contributed by atoms with Gasteiger partial charge >= 0.3 is 0 Å². The molecule has 0 aliphatic carbocycles. The van der Waals surface area contributed by atoms with Crippen molar-refractivity contribution in [3.05, 3.63) is 39.7 Å². The molecule has 16 heavy (non-hydrogen) atoms. The highest BCUT2D eigenvalue weighted by Gasteiger charge is 2.12. The van der Waals surface area contributed by atoms with Crippen molar-refractivity contribution in [1.82, 2.24) is 4.98 Å². The maximum absolute atomic E-state index is 13.1. The summed E-state index contributed by atoms with van der Waals surface area (Å²) in [6.45, 7) is 1.85. The van der Waals surface area contributed by atoms with Crippen LogP contribution in [-0.2, 0) is 5.88 Å². The standard InChI is InChI=1S/C11H8ClF2NS/c1-6-15-11(10(5-12)16-6)7-2-3-8(13)9(14)4-7/h2-4H,5H2,1H3. The number of thiazole rings is 1. The van der Waals surface area contributed by atoms with Crippen LogP contribution >= 0.6 is 22.9 Å². The molecule has 0 aliphatic heterocycles. The smallest absolute Gasteiger partial charge is 0.159 e. The first-order valence-corrected chi connectivity index (χ1v) is 5.94. The molecule has 0 saturated carbocycles. The molecule has 0 saturated heterocycles. The lowest BCUT2D eigenvalue weighted by Gasteiger charge is -2.00. The van der Waals surface area contributed by atoms with E-state index in [1.807, 2.05) is 6.92 Å². The third-order valence-corrected chi connectivity index (χ3v) is 3.52. The number of alkyl halides is 1. The summed E-state index contributed by atoms with van der Waals surface area (Å²) in [7, 11) is 0. The Balaban J connectivity index is 2.53. The predicted octanol–water partition coefficient (Wildman–Crippen LogP) is 4.14. The minimum atomic E-state index is -0.872. The summed E-state index contributed by atoms with van der Waals surface area (Å²) in [5, 5.41) is 0.857. The molecule has 0 radical (unpaired) electrons. The average molecular weight is 260 g/mol. The lowest BCUT2D eigenvalue weighted by Crippen LogP contribution is -1.88. The zero-order valence-electron chi connectivity index (χ0n) is 8.43. The Morgan fingerprint density at radius 3 is 2.69 bits per heavy atom. The quantitative estimate of drug-likeness (QED) is 0.739. The van der Waals surface area contributed by atoms with Crippen molar-refractivity contribution < 1.29 is 8.78 Å². The van der Waals surface area contributed by atoms with E-state index in [1.54, 1.807) is 0 Å². The van der Waals surface area contributed by atoms with Gasteiger partial charge in [-0.1, -0.05) is 0 Å². The van der Waals surface area contributed by atoms with Crippen molar-refractivity contribution in [1.29, 1.82) is 0 Å². The van der Waals surface area contributed by atoms with E-state index in [1.165, 1.54) is 17.4 Å². The van der Waals surface area contributed by atoms with Gasteiger partial charge in [-0.05, 0) is 25.1 Å². The Kier molecular flexibility index (Phi) is 3.21. The van der Waals surface area contributed by atoms with Crippen LogP contribution in [0.2, 0.25) is 0 Å².